The normalized spacial score (nSPS) is 28.8. The third-order valence-corrected chi connectivity index (χ3v) is 2.69. The monoisotopic (exact) mass is 155 g/mol. The van der Waals surface area contributed by atoms with E-state index in [0.29, 0.717) is 11.8 Å². The first-order valence-corrected chi connectivity index (χ1v) is 4.39. The third kappa shape index (κ3) is 1.80. The van der Waals surface area contributed by atoms with Crippen molar-refractivity contribution in [3.8, 4) is 0 Å². The molecule has 2 atom stereocenters. The third-order valence-electron chi connectivity index (χ3n) is 2.69. The molecule has 0 aliphatic carbocycles. The molecule has 0 saturated carbocycles. The van der Waals surface area contributed by atoms with Crippen molar-refractivity contribution in [3.63, 3.8) is 0 Å². The van der Waals surface area contributed by atoms with Gasteiger partial charge in [0.1, 0.15) is 5.78 Å². The lowest BCUT2D eigenvalue weighted by atomic mass is 10.2. The maximum atomic E-state index is 11.0. The van der Waals surface area contributed by atoms with Crippen molar-refractivity contribution in [2.24, 2.45) is 0 Å². The minimum Gasteiger partial charge on any atom is -0.298 e. The number of hydrogen-bond donors (Lipinski definition) is 0. The summed E-state index contributed by atoms with van der Waals surface area (Å²) in [6, 6.07) is 0.737. The molecule has 1 aliphatic rings. The SMILES string of the molecule is CC(=O)C(C)N1CCCC1C. The molecule has 1 heterocycles. The Morgan fingerprint density at radius 2 is 2.27 bits per heavy atom. The summed E-state index contributed by atoms with van der Waals surface area (Å²) in [5, 5.41) is 0. The van der Waals surface area contributed by atoms with Crippen LogP contribution in [0.4, 0.5) is 0 Å². The average Bonchev–Trinajstić information content (AvgIpc) is 2.33. The molecule has 0 spiro atoms. The summed E-state index contributed by atoms with van der Waals surface area (Å²) in [5.41, 5.74) is 0. The molecule has 0 aromatic carbocycles. The highest BCUT2D eigenvalue weighted by molar-refractivity contribution is 5.81. The van der Waals surface area contributed by atoms with Crippen LogP contribution < -0.4 is 0 Å². The summed E-state index contributed by atoms with van der Waals surface area (Å²) >= 11 is 0. The Bertz CT molecular complexity index is 156. The second-order valence-electron chi connectivity index (χ2n) is 3.52. The summed E-state index contributed by atoms with van der Waals surface area (Å²) in [6.45, 7) is 6.98. The molecule has 0 aromatic heterocycles. The van der Waals surface area contributed by atoms with Gasteiger partial charge in [0.15, 0.2) is 0 Å². The molecule has 2 unspecified atom stereocenters. The fourth-order valence-electron chi connectivity index (χ4n) is 1.76. The predicted molar refractivity (Wildman–Crippen MR) is 45.5 cm³/mol. The lowest BCUT2D eigenvalue weighted by Gasteiger charge is -2.26. The van der Waals surface area contributed by atoms with Crippen LogP contribution in [0.15, 0.2) is 0 Å². The highest BCUT2D eigenvalue weighted by Crippen LogP contribution is 2.19. The maximum Gasteiger partial charge on any atom is 0.146 e. The summed E-state index contributed by atoms with van der Waals surface area (Å²) < 4.78 is 0. The van der Waals surface area contributed by atoms with E-state index in [1.54, 1.807) is 6.92 Å². The first-order valence-electron chi connectivity index (χ1n) is 4.39. The number of carbonyl (C=O) groups excluding carboxylic acids is 1. The van der Waals surface area contributed by atoms with Crippen LogP contribution in [-0.2, 0) is 4.79 Å². The number of Topliss-reactive ketones (excluding diaryl/α,β-unsaturated/α-hetero) is 1. The van der Waals surface area contributed by atoms with Crippen LogP contribution in [-0.4, -0.2) is 29.3 Å². The van der Waals surface area contributed by atoms with E-state index >= 15 is 0 Å². The molecule has 1 aliphatic heterocycles. The lowest BCUT2D eigenvalue weighted by Crippen LogP contribution is -2.39. The van der Waals surface area contributed by atoms with E-state index in [4.69, 9.17) is 0 Å². The van der Waals surface area contributed by atoms with Crippen molar-refractivity contribution in [1.29, 1.82) is 0 Å². The van der Waals surface area contributed by atoms with E-state index in [1.165, 1.54) is 12.8 Å². The molecule has 0 bridgehead atoms. The van der Waals surface area contributed by atoms with Crippen LogP contribution in [0.2, 0.25) is 0 Å². The molecular formula is C9H17NO. The molecule has 0 N–H and O–H groups in total. The van der Waals surface area contributed by atoms with E-state index in [0.717, 1.165) is 6.54 Å². The lowest BCUT2D eigenvalue weighted by molar-refractivity contribution is -0.121. The fourth-order valence-corrected chi connectivity index (χ4v) is 1.76. The topological polar surface area (TPSA) is 20.3 Å². The highest BCUT2D eigenvalue weighted by atomic mass is 16.1. The maximum absolute atomic E-state index is 11.0. The van der Waals surface area contributed by atoms with Crippen molar-refractivity contribution in [2.75, 3.05) is 6.54 Å². The molecule has 0 radical (unpaired) electrons. The summed E-state index contributed by atoms with van der Waals surface area (Å²) in [5.74, 6) is 0.291. The Balaban J connectivity index is 2.52. The zero-order valence-electron chi connectivity index (χ0n) is 7.63. The van der Waals surface area contributed by atoms with E-state index in [9.17, 15) is 4.79 Å². The second kappa shape index (κ2) is 3.35. The number of hydrogen-bond acceptors (Lipinski definition) is 2. The highest BCUT2D eigenvalue weighted by Gasteiger charge is 2.26. The Labute approximate surface area is 68.6 Å². The molecule has 0 amide bonds. The van der Waals surface area contributed by atoms with Crippen molar-refractivity contribution in [1.82, 2.24) is 4.90 Å². The molecule has 2 heteroatoms. The first kappa shape index (κ1) is 8.72. The molecule has 1 fully saturated rings. The first-order chi connectivity index (χ1) is 5.13. The van der Waals surface area contributed by atoms with Gasteiger partial charge in [0.05, 0.1) is 6.04 Å². The standard InChI is InChI=1S/C9H17NO/c1-7-5-4-6-10(7)8(2)9(3)11/h7-8H,4-6H2,1-3H3. The number of rotatable bonds is 2. The molecule has 11 heavy (non-hydrogen) atoms. The zero-order chi connectivity index (χ0) is 8.43. The largest absolute Gasteiger partial charge is 0.298 e. The number of nitrogens with zero attached hydrogens (tertiary/aromatic N) is 1. The molecular weight excluding hydrogens is 138 g/mol. The van der Waals surface area contributed by atoms with E-state index in [2.05, 4.69) is 11.8 Å². The van der Waals surface area contributed by atoms with Gasteiger partial charge >= 0.3 is 0 Å². The van der Waals surface area contributed by atoms with Crippen LogP contribution >= 0.6 is 0 Å². The second-order valence-corrected chi connectivity index (χ2v) is 3.52. The van der Waals surface area contributed by atoms with Gasteiger partial charge < -0.3 is 0 Å². The number of carbonyl (C=O) groups is 1. The van der Waals surface area contributed by atoms with Crippen molar-refractivity contribution >= 4 is 5.78 Å². The van der Waals surface area contributed by atoms with Crippen molar-refractivity contribution in [3.05, 3.63) is 0 Å². The zero-order valence-corrected chi connectivity index (χ0v) is 7.63. The van der Waals surface area contributed by atoms with E-state index in [-0.39, 0.29) is 6.04 Å². The molecule has 1 saturated heterocycles. The Morgan fingerprint density at radius 1 is 1.64 bits per heavy atom. The van der Waals surface area contributed by atoms with Crippen LogP contribution in [0.25, 0.3) is 0 Å². The van der Waals surface area contributed by atoms with Gasteiger partial charge in [0, 0.05) is 6.04 Å². The van der Waals surface area contributed by atoms with Crippen LogP contribution in [0.3, 0.4) is 0 Å². The van der Waals surface area contributed by atoms with Crippen molar-refractivity contribution < 1.29 is 4.79 Å². The van der Waals surface area contributed by atoms with Gasteiger partial charge in [0.25, 0.3) is 0 Å². The Morgan fingerprint density at radius 3 is 2.64 bits per heavy atom. The average molecular weight is 155 g/mol. The number of ketones is 1. The van der Waals surface area contributed by atoms with Gasteiger partial charge in [-0.25, -0.2) is 0 Å². The smallest absolute Gasteiger partial charge is 0.146 e. The summed E-state index contributed by atoms with van der Waals surface area (Å²) in [4.78, 5) is 13.3. The Hall–Kier alpha value is -0.370. The van der Waals surface area contributed by atoms with Gasteiger partial charge in [0.2, 0.25) is 0 Å². The fraction of sp³-hybridized carbons (Fsp3) is 0.889. The van der Waals surface area contributed by atoms with Crippen molar-refractivity contribution in [2.45, 2.75) is 45.7 Å². The van der Waals surface area contributed by atoms with Gasteiger partial charge in [-0.2, -0.15) is 0 Å². The molecule has 0 aromatic rings. The van der Waals surface area contributed by atoms with Gasteiger partial charge in [-0.15, -0.1) is 0 Å². The summed E-state index contributed by atoms with van der Waals surface area (Å²) in [6.07, 6.45) is 2.50. The predicted octanol–water partition coefficient (Wildman–Crippen LogP) is 1.45. The van der Waals surface area contributed by atoms with Gasteiger partial charge in [-0.1, -0.05) is 0 Å². The van der Waals surface area contributed by atoms with Gasteiger partial charge in [-0.05, 0) is 40.2 Å². The minimum atomic E-state index is 0.132. The number of likely N-dealkylation sites (tertiary alicyclic amines) is 1. The van der Waals surface area contributed by atoms with E-state index in [1.807, 2.05) is 6.92 Å². The Kier molecular flexibility index (Phi) is 2.66. The van der Waals surface area contributed by atoms with Crippen LogP contribution in [0.1, 0.15) is 33.6 Å². The van der Waals surface area contributed by atoms with Crippen LogP contribution in [0.5, 0.6) is 0 Å². The minimum absolute atomic E-state index is 0.132. The molecule has 1 rings (SSSR count). The molecule has 2 nitrogen and oxygen atoms in total. The molecule has 64 valence electrons. The van der Waals surface area contributed by atoms with E-state index < -0.39 is 0 Å². The quantitative estimate of drug-likeness (QED) is 0.601. The summed E-state index contributed by atoms with van der Waals surface area (Å²) in [7, 11) is 0. The van der Waals surface area contributed by atoms with Crippen LogP contribution in [0, 0.1) is 0 Å². The van der Waals surface area contributed by atoms with Gasteiger partial charge in [-0.3, -0.25) is 9.69 Å².